The second-order valence-electron chi connectivity index (χ2n) is 8.61. The van der Waals surface area contributed by atoms with E-state index in [1.807, 2.05) is 54.6 Å². The second kappa shape index (κ2) is 10.3. The normalized spacial score (nSPS) is 14.1. The lowest BCUT2D eigenvalue weighted by molar-refractivity contribution is -0.120. The van der Waals surface area contributed by atoms with Crippen LogP contribution in [0.3, 0.4) is 0 Å². The van der Waals surface area contributed by atoms with Crippen LogP contribution in [0.4, 0.5) is 11.5 Å². The van der Waals surface area contributed by atoms with E-state index in [1.54, 1.807) is 16.8 Å². The molecular formula is C27H27ClN6O. The van der Waals surface area contributed by atoms with Gasteiger partial charge in [-0.05, 0) is 49.7 Å². The number of fused-ring (bicyclic) bond motifs is 1. The number of amides is 1. The molecule has 4 aromatic rings. The van der Waals surface area contributed by atoms with E-state index in [0.29, 0.717) is 17.2 Å². The highest BCUT2D eigenvalue weighted by atomic mass is 35.5. The van der Waals surface area contributed by atoms with Crippen LogP contribution in [-0.4, -0.2) is 33.6 Å². The van der Waals surface area contributed by atoms with Crippen molar-refractivity contribution in [3.8, 4) is 11.3 Å². The van der Waals surface area contributed by atoms with Crippen molar-refractivity contribution < 1.29 is 4.79 Å². The maximum Gasteiger partial charge on any atom is 0.227 e. The zero-order chi connectivity index (χ0) is 24.2. The van der Waals surface area contributed by atoms with E-state index >= 15 is 0 Å². The van der Waals surface area contributed by atoms with Gasteiger partial charge in [-0.1, -0.05) is 54.6 Å². The Bertz CT molecular complexity index is 1380. The summed E-state index contributed by atoms with van der Waals surface area (Å²) < 4.78 is 1.76. The summed E-state index contributed by atoms with van der Waals surface area (Å²) in [5.41, 5.74) is 4.97. The molecule has 0 unspecified atom stereocenters. The minimum absolute atomic E-state index is 0.0604. The van der Waals surface area contributed by atoms with Crippen molar-refractivity contribution in [3.05, 3.63) is 83.5 Å². The number of hydrogen-bond donors (Lipinski definition) is 3. The summed E-state index contributed by atoms with van der Waals surface area (Å²) >= 11 is 6.46. The van der Waals surface area contributed by atoms with Crippen molar-refractivity contribution in [2.75, 3.05) is 23.7 Å². The zero-order valence-electron chi connectivity index (χ0n) is 19.3. The first kappa shape index (κ1) is 23.1. The molecule has 0 radical (unpaired) electrons. The van der Waals surface area contributed by atoms with Gasteiger partial charge < -0.3 is 16.0 Å². The molecule has 2 aromatic carbocycles. The van der Waals surface area contributed by atoms with Crippen LogP contribution >= 0.6 is 11.6 Å². The molecule has 0 atom stereocenters. The maximum absolute atomic E-state index is 12.6. The highest BCUT2D eigenvalue weighted by molar-refractivity contribution is 6.33. The topological polar surface area (TPSA) is 83.3 Å². The van der Waals surface area contributed by atoms with Gasteiger partial charge >= 0.3 is 0 Å². The van der Waals surface area contributed by atoms with Crippen LogP contribution < -0.4 is 16.0 Å². The number of hydrogen-bond acceptors (Lipinski definition) is 5. The Hall–Kier alpha value is -3.68. The molecule has 0 saturated carbocycles. The van der Waals surface area contributed by atoms with Crippen LogP contribution in [0.25, 0.3) is 23.0 Å². The van der Waals surface area contributed by atoms with E-state index < -0.39 is 0 Å². The van der Waals surface area contributed by atoms with Crippen LogP contribution in [0.1, 0.15) is 24.0 Å². The first-order valence-electron chi connectivity index (χ1n) is 11.7. The first-order chi connectivity index (χ1) is 17.1. The number of halogens is 1. The van der Waals surface area contributed by atoms with E-state index in [1.165, 1.54) is 0 Å². The highest BCUT2D eigenvalue weighted by Crippen LogP contribution is 2.29. The predicted molar refractivity (Wildman–Crippen MR) is 142 cm³/mol. The molecule has 1 saturated heterocycles. The molecule has 5 rings (SSSR count). The number of anilines is 2. The summed E-state index contributed by atoms with van der Waals surface area (Å²) in [6, 6.07) is 17.5. The summed E-state index contributed by atoms with van der Waals surface area (Å²) in [4.78, 5) is 17.4. The predicted octanol–water partition coefficient (Wildman–Crippen LogP) is 5.24. The molecule has 3 heterocycles. The van der Waals surface area contributed by atoms with Crippen molar-refractivity contribution in [1.29, 1.82) is 0 Å². The van der Waals surface area contributed by atoms with Crippen LogP contribution in [-0.2, 0) is 11.3 Å². The molecule has 3 N–H and O–H groups in total. The maximum atomic E-state index is 12.6. The van der Waals surface area contributed by atoms with Crippen molar-refractivity contribution in [2.24, 2.45) is 5.92 Å². The van der Waals surface area contributed by atoms with E-state index in [4.69, 9.17) is 16.6 Å². The van der Waals surface area contributed by atoms with Crippen LogP contribution in [0.5, 0.6) is 0 Å². The number of carbonyl (C=O) groups is 1. The van der Waals surface area contributed by atoms with Crippen LogP contribution in [0, 0.1) is 5.92 Å². The van der Waals surface area contributed by atoms with Gasteiger partial charge in [0.2, 0.25) is 5.91 Å². The number of piperidine rings is 1. The van der Waals surface area contributed by atoms with Crippen molar-refractivity contribution >= 4 is 40.7 Å². The fourth-order valence-corrected chi connectivity index (χ4v) is 4.57. The molecule has 0 bridgehead atoms. The van der Waals surface area contributed by atoms with Gasteiger partial charge in [0.05, 0.1) is 11.9 Å². The molecule has 2 aromatic heterocycles. The number of rotatable bonds is 7. The highest BCUT2D eigenvalue weighted by Gasteiger charge is 2.21. The lowest BCUT2D eigenvalue weighted by Crippen LogP contribution is -2.34. The monoisotopic (exact) mass is 486 g/mol. The third-order valence-corrected chi connectivity index (χ3v) is 6.58. The number of benzene rings is 2. The molecule has 7 nitrogen and oxygen atoms in total. The van der Waals surface area contributed by atoms with Gasteiger partial charge in [-0.3, -0.25) is 4.79 Å². The number of nitrogens with zero attached hydrogens (tertiary/aromatic N) is 3. The number of nitrogens with one attached hydrogen (secondary N) is 3. The number of aromatic nitrogens is 3. The third kappa shape index (κ3) is 5.06. The molecular weight excluding hydrogens is 460 g/mol. The lowest BCUT2D eigenvalue weighted by atomic mass is 9.97. The molecule has 1 aliphatic rings. The zero-order valence-corrected chi connectivity index (χ0v) is 20.1. The minimum Gasteiger partial charge on any atom is -0.366 e. The average Bonchev–Trinajstić information content (AvgIpc) is 3.31. The first-order valence-corrected chi connectivity index (χ1v) is 12.1. The fraction of sp³-hybridized carbons (Fsp3) is 0.222. The minimum atomic E-state index is 0.0604. The summed E-state index contributed by atoms with van der Waals surface area (Å²) in [7, 11) is 0. The second-order valence-corrected chi connectivity index (χ2v) is 9.02. The van der Waals surface area contributed by atoms with Gasteiger partial charge in [0.15, 0.2) is 5.65 Å². The van der Waals surface area contributed by atoms with Gasteiger partial charge in [0, 0.05) is 40.4 Å². The Morgan fingerprint density at radius 2 is 2.00 bits per heavy atom. The molecule has 35 heavy (non-hydrogen) atoms. The number of carbonyl (C=O) groups excluding carboxylic acids is 1. The average molecular weight is 487 g/mol. The van der Waals surface area contributed by atoms with Gasteiger partial charge in [-0.2, -0.15) is 9.61 Å². The third-order valence-electron chi connectivity index (χ3n) is 6.25. The standard InChI is InChI=1S/C27H27ClN6O/c1-2-19-17-31-34-25(15-24(33-26(19)34)22-8-3-4-9-23(22)28)30-16-18-6-5-7-21(14-18)32-27(35)20-10-12-29-13-11-20/h2-9,14-15,17,20,29-30H,1,10-13,16H2,(H,32,35). The van der Waals surface area contributed by atoms with Gasteiger partial charge in [0.1, 0.15) is 5.82 Å². The SMILES string of the molecule is C=Cc1cnn2c(NCc3cccc(NC(=O)C4CCNCC4)c3)cc(-c3ccccc3Cl)nc12. The molecule has 1 fully saturated rings. The van der Waals surface area contributed by atoms with Gasteiger partial charge in [0.25, 0.3) is 0 Å². The Morgan fingerprint density at radius 3 is 2.80 bits per heavy atom. The van der Waals surface area contributed by atoms with E-state index in [9.17, 15) is 4.79 Å². The molecule has 8 heteroatoms. The molecule has 1 amide bonds. The Kier molecular flexibility index (Phi) is 6.79. The van der Waals surface area contributed by atoms with Crippen LogP contribution in [0.2, 0.25) is 5.02 Å². The summed E-state index contributed by atoms with van der Waals surface area (Å²) in [5, 5.41) is 15.0. The Morgan fingerprint density at radius 1 is 1.17 bits per heavy atom. The smallest absolute Gasteiger partial charge is 0.227 e. The Balaban J connectivity index is 1.38. The molecule has 1 aliphatic heterocycles. The van der Waals surface area contributed by atoms with E-state index in [2.05, 4.69) is 27.6 Å². The lowest BCUT2D eigenvalue weighted by Gasteiger charge is -2.21. The summed E-state index contributed by atoms with van der Waals surface area (Å²) in [6.07, 6.45) is 5.22. The van der Waals surface area contributed by atoms with Crippen molar-refractivity contribution in [2.45, 2.75) is 19.4 Å². The molecule has 0 aliphatic carbocycles. The molecule has 178 valence electrons. The van der Waals surface area contributed by atoms with E-state index in [0.717, 1.165) is 59.8 Å². The Labute approximate surface area is 209 Å². The molecule has 0 spiro atoms. The van der Waals surface area contributed by atoms with E-state index in [-0.39, 0.29) is 11.8 Å². The van der Waals surface area contributed by atoms with Crippen molar-refractivity contribution in [3.63, 3.8) is 0 Å². The summed E-state index contributed by atoms with van der Waals surface area (Å²) in [5.74, 6) is 0.928. The summed E-state index contributed by atoms with van der Waals surface area (Å²) in [6.45, 7) is 6.21. The largest absolute Gasteiger partial charge is 0.366 e. The van der Waals surface area contributed by atoms with Gasteiger partial charge in [-0.25, -0.2) is 4.98 Å². The quantitative estimate of drug-likeness (QED) is 0.332. The van der Waals surface area contributed by atoms with Gasteiger partial charge in [-0.15, -0.1) is 0 Å². The van der Waals surface area contributed by atoms with Crippen LogP contribution in [0.15, 0.2) is 67.4 Å². The van der Waals surface area contributed by atoms with Crippen molar-refractivity contribution in [1.82, 2.24) is 19.9 Å². The fourth-order valence-electron chi connectivity index (χ4n) is 4.34.